The summed E-state index contributed by atoms with van der Waals surface area (Å²) in [6.07, 6.45) is -0.0385. The standard InChI is InChI=1S/C20H24N10O/c1-4-22-17-25-18(23-5-2)27-19(26-17)28-29-20-24-15(13-9-7-6-8-10-13)14(11-12-21)16(31)30(20)3/h6-10H,4-5,11H2,1-3H3,(H,24,29)(H3,22,23,25,26,27,28). The Balaban J connectivity index is 1.96. The second-order valence-corrected chi connectivity index (χ2v) is 6.44. The SMILES string of the molecule is CCNc1nc(NCC)nc(NNc2nc(-c3ccccc3)c(CC#N)c(=O)n2C)n1. The molecule has 3 rings (SSSR count). The predicted octanol–water partition coefficient (Wildman–Crippen LogP) is 2.00. The van der Waals surface area contributed by atoms with Crippen LogP contribution in [0.15, 0.2) is 35.1 Å². The van der Waals surface area contributed by atoms with Crippen molar-refractivity contribution >= 4 is 23.8 Å². The van der Waals surface area contributed by atoms with Crippen LogP contribution in [-0.2, 0) is 13.5 Å². The second kappa shape index (κ2) is 10.0. The molecule has 2 heterocycles. The first-order valence-corrected chi connectivity index (χ1v) is 9.85. The lowest BCUT2D eigenvalue weighted by molar-refractivity contribution is 0.816. The van der Waals surface area contributed by atoms with E-state index in [4.69, 9.17) is 0 Å². The normalized spacial score (nSPS) is 10.3. The monoisotopic (exact) mass is 420 g/mol. The Hall–Kier alpha value is -4.20. The highest BCUT2D eigenvalue weighted by Crippen LogP contribution is 2.21. The van der Waals surface area contributed by atoms with Gasteiger partial charge in [0.15, 0.2) is 0 Å². The third-order valence-corrected chi connectivity index (χ3v) is 4.28. The summed E-state index contributed by atoms with van der Waals surface area (Å²) >= 11 is 0. The van der Waals surface area contributed by atoms with Crippen molar-refractivity contribution in [1.29, 1.82) is 5.26 Å². The Kier molecular flexibility index (Phi) is 6.95. The average Bonchev–Trinajstić information content (AvgIpc) is 2.77. The molecule has 0 fully saturated rings. The van der Waals surface area contributed by atoms with Crippen molar-refractivity contribution < 1.29 is 0 Å². The Morgan fingerprint density at radius 3 is 2.13 bits per heavy atom. The van der Waals surface area contributed by atoms with Crippen LogP contribution in [0.25, 0.3) is 11.3 Å². The zero-order valence-electron chi connectivity index (χ0n) is 17.6. The minimum absolute atomic E-state index is 0.0385. The van der Waals surface area contributed by atoms with Crippen molar-refractivity contribution in [3.63, 3.8) is 0 Å². The molecule has 3 aromatic rings. The van der Waals surface area contributed by atoms with E-state index in [1.807, 2.05) is 50.2 Å². The Bertz CT molecular complexity index is 1110. The number of anilines is 4. The smallest absolute Gasteiger partial charge is 0.259 e. The van der Waals surface area contributed by atoms with E-state index in [0.717, 1.165) is 5.56 Å². The lowest BCUT2D eigenvalue weighted by Crippen LogP contribution is -2.28. The summed E-state index contributed by atoms with van der Waals surface area (Å²) in [7, 11) is 1.58. The molecule has 0 aliphatic heterocycles. The summed E-state index contributed by atoms with van der Waals surface area (Å²) < 4.78 is 1.34. The van der Waals surface area contributed by atoms with Crippen molar-refractivity contribution in [2.75, 3.05) is 34.6 Å². The van der Waals surface area contributed by atoms with E-state index in [2.05, 4.69) is 41.4 Å². The molecule has 0 radical (unpaired) electrons. The molecule has 0 unspecified atom stereocenters. The fourth-order valence-corrected chi connectivity index (χ4v) is 2.85. The van der Waals surface area contributed by atoms with Crippen molar-refractivity contribution in [3.8, 4) is 17.3 Å². The molecule has 31 heavy (non-hydrogen) atoms. The fourth-order valence-electron chi connectivity index (χ4n) is 2.85. The summed E-state index contributed by atoms with van der Waals surface area (Å²) in [6.45, 7) is 5.18. The third-order valence-electron chi connectivity index (χ3n) is 4.28. The highest BCUT2D eigenvalue weighted by Gasteiger charge is 2.16. The highest BCUT2D eigenvalue weighted by molar-refractivity contribution is 5.64. The van der Waals surface area contributed by atoms with Crippen LogP contribution in [0.5, 0.6) is 0 Å². The molecular formula is C20H24N10O. The average molecular weight is 420 g/mol. The minimum Gasteiger partial charge on any atom is -0.354 e. The van der Waals surface area contributed by atoms with Gasteiger partial charge in [-0.25, -0.2) is 4.98 Å². The van der Waals surface area contributed by atoms with Crippen molar-refractivity contribution in [2.24, 2.45) is 7.05 Å². The molecule has 11 nitrogen and oxygen atoms in total. The number of nitrogens with zero attached hydrogens (tertiary/aromatic N) is 6. The molecule has 1 aromatic carbocycles. The predicted molar refractivity (Wildman–Crippen MR) is 120 cm³/mol. The van der Waals surface area contributed by atoms with Crippen LogP contribution in [0.3, 0.4) is 0 Å². The molecule has 0 aliphatic rings. The zero-order chi connectivity index (χ0) is 22.2. The lowest BCUT2D eigenvalue weighted by atomic mass is 10.1. The molecule has 160 valence electrons. The van der Waals surface area contributed by atoms with Gasteiger partial charge in [0.25, 0.3) is 5.56 Å². The minimum atomic E-state index is -0.308. The van der Waals surface area contributed by atoms with Gasteiger partial charge in [-0.05, 0) is 13.8 Å². The van der Waals surface area contributed by atoms with E-state index in [1.165, 1.54) is 4.57 Å². The van der Waals surface area contributed by atoms with Crippen molar-refractivity contribution in [3.05, 3.63) is 46.2 Å². The van der Waals surface area contributed by atoms with E-state index in [0.29, 0.717) is 36.2 Å². The van der Waals surface area contributed by atoms with E-state index in [9.17, 15) is 10.1 Å². The van der Waals surface area contributed by atoms with Crippen LogP contribution >= 0.6 is 0 Å². The number of rotatable bonds is 9. The number of aromatic nitrogens is 5. The first kappa shape index (κ1) is 21.5. The van der Waals surface area contributed by atoms with E-state index in [1.54, 1.807) is 7.05 Å². The third kappa shape index (κ3) is 5.05. The molecule has 0 saturated heterocycles. The summed E-state index contributed by atoms with van der Waals surface area (Å²) in [5.41, 5.74) is 7.01. The highest BCUT2D eigenvalue weighted by atomic mass is 16.1. The van der Waals surface area contributed by atoms with Crippen LogP contribution in [0.2, 0.25) is 0 Å². The van der Waals surface area contributed by atoms with Gasteiger partial charge in [-0.2, -0.15) is 20.2 Å². The zero-order valence-corrected chi connectivity index (χ0v) is 17.6. The second-order valence-electron chi connectivity index (χ2n) is 6.44. The summed E-state index contributed by atoms with van der Waals surface area (Å²) in [4.78, 5) is 30.4. The van der Waals surface area contributed by atoms with Crippen molar-refractivity contribution in [2.45, 2.75) is 20.3 Å². The molecular weight excluding hydrogens is 396 g/mol. The molecule has 0 spiro atoms. The van der Waals surface area contributed by atoms with Gasteiger partial charge in [-0.15, -0.1) is 0 Å². The summed E-state index contributed by atoms with van der Waals surface area (Å²) in [5.74, 6) is 1.32. The van der Waals surface area contributed by atoms with Gasteiger partial charge in [-0.1, -0.05) is 30.3 Å². The van der Waals surface area contributed by atoms with E-state index >= 15 is 0 Å². The molecule has 11 heteroatoms. The van der Waals surface area contributed by atoms with Gasteiger partial charge in [0.2, 0.25) is 23.8 Å². The van der Waals surface area contributed by atoms with E-state index < -0.39 is 0 Å². The number of nitriles is 1. The van der Waals surface area contributed by atoms with Crippen LogP contribution in [-0.4, -0.2) is 37.6 Å². The molecule has 0 bridgehead atoms. The molecule has 2 aromatic heterocycles. The molecule has 0 saturated carbocycles. The summed E-state index contributed by atoms with van der Waals surface area (Å²) in [6, 6.07) is 11.3. The number of hydrogen-bond donors (Lipinski definition) is 4. The van der Waals surface area contributed by atoms with Crippen LogP contribution in [0, 0.1) is 11.3 Å². The van der Waals surface area contributed by atoms with Gasteiger partial charge < -0.3 is 10.6 Å². The van der Waals surface area contributed by atoms with Crippen LogP contribution in [0.1, 0.15) is 19.4 Å². The molecule has 4 N–H and O–H groups in total. The first-order valence-electron chi connectivity index (χ1n) is 9.85. The van der Waals surface area contributed by atoms with Gasteiger partial charge in [0.05, 0.1) is 23.7 Å². The molecule has 0 aliphatic carbocycles. The van der Waals surface area contributed by atoms with Crippen LogP contribution < -0.4 is 27.0 Å². The van der Waals surface area contributed by atoms with Crippen molar-refractivity contribution in [1.82, 2.24) is 24.5 Å². The first-order chi connectivity index (χ1) is 15.1. The quantitative estimate of drug-likeness (QED) is 0.379. The van der Waals surface area contributed by atoms with Crippen LogP contribution in [0.4, 0.5) is 23.8 Å². The Labute approximate surface area is 179 Å². The van der Waals surface area contributed by atoms with E-state index in [-0.39, 0.29) is 23.9 Å². The molecule has 0 atom stereocenters. The fraction of sp³-hybridized carbons (Fsp3) is 0.300. The lowest BCUT2D eigenvalue weighted by Gasteiger charge is -2.15. The largest absolute Gasteiger partial charge is 0.354 e. The van der Waals surface area contributed by atoms with Gasteiger partial charge >= 0.3 is 0 Å². The summed E-state index contributed by atoms with van der Waals surface area (Å²) in [5, 5.41) is 15.3. The number of hydrazine groups is 1. The maximum atomic E-state index is 12.9. The maximum absolute atomic E-state index is 12.9. The number of nitrogens with one attached hydrogen (secondary N) is 4. The molecule has 0 amide bonds. The van der Waals surface area contributed by atoms with Gasteiger partial charge in [-0.3, -0.25) is 20.2 Å². The number of benzene rings is 1. The van der Waals surface area contributed by atoms with Gasteiger partial charge in [0.1, 0.15) is 0 Å². The Morgan fingerprint density at radius 2 is 1.55 bits per heavy atom. The topological polar surface area (TPSA) is 145 Å². The number of hydrogen-bond acceptors (Lipinski definition) is 10. The maximum Gasteiger partial charge on any atom is 0.259 e. The van der Waals surface area contributed by atoms with Gasteiger partial charge in [0, 0.05) is 25.7 Å². The Morgan fingerprint density at radius 1 is 0.935 bits per heavy atom.